The van der Waals surface area contributed by atoms with Crippen LogP contribution in [0.15, 0.2) is 0 Å². The van der Waals surface area contributed by atoms with Crippen LogP contribution in [0, 0.1) is 6.92 Å². The van der Waals surface area contributed by atoms with Gasteiger partial charge in [-0.15, -0.1) is 0 Å². The van der Waals surface area contributed by atoms with Gasteiger partial charge in [-0.2, -0.15) is 4.37 Å². The van der Waals surface area contributed by atoms with Crippen molar-refractivity contribution in [1.82, 2.24) is 9.36 Å². The number of carbonyl (C=O) groups excluding carboxylic acids is 1. The van der Waals surface area contributed by atoms with Crippen LogP contribution in [0.5, 0.6) is 0 Å². The Morgan fingerprint density at radius 3 is 3.07 bits per heavy atom. The molecule has 0 spiro atoms. The van der Waals surface area contributed by atoms with Gasteiger partial charge in [0.1, 0.15) is 11.4 Å². The van der Waals surface area contributed by atoms with Gasteiger partial charge in [-0.1, -0.05) is 0 Å². The zero-order valence-electron chi connectivity index (χ0n) is 8.32. The van der Waals surface area contributed by atoms with E-state index < -0.39 is 5.54 Å². The maximum atomic E-state index is 11.8. The van der Waals surface area contributed by atoms with Gasteiger partial charge in [0.25, 0.3) is 0 Å². The van der Waals surface area contributed by atoms with Crippen molar-refractivity contribution in [1.29, 1.82) is 0 Å². The second-order valence-corrected chi connectivity index (χ2v) is 4.31. The summed E-state index contributed by atoms with van der Waals surface area (Å²) in [7, 11) is 0. The van der Waals surface area contributed by atoms with Crippen LogP contribution in [-0.4, -0.2) is 34.0 Å². The van der Waals surface area contributed by atoms with Gasteiger partial charge in [-0.05, 0) is 13.3 Å². The summed E-state index contributed by atoms with van der Waals surface area (Å²) < 4.78 is 9.07. The number of carbonyl (C=O) groups is 1. The van der Waals surface area contributed by atoms with Crippen molar-refractivity contribution in [2.24, 2.45) is 5.73 Å². The first-order valence-corrected chi connectivity index (χ1v) is 5.36. The molecule has 6 nitrogen and oxygen atoms in total. The molecular formula is C8H12N4O2S. The average Bonchev–Trinajstić information content (AvgIpc) is 2.76. The smallest absolute Gasteiger partial charge is 0.248 e. The lowest BCUT2D eigenvalue weighted by atomic mass is 10.00. The van der Waals surface area contributed by atoms with E-state index in [-0.39, 0.29) is 12.5 Å². The van der Waals surface area contributed by atoms with E-state index in [0.717, 1.165) is 11.5 Å². The summed E-state index contributed by atoms with van der Waals surface area (Å²) in [6.45, 7) is 2.55. The molecule has 0 radical (unpaired) electrons. The molecule has 0 aromatic carbocycles. The lowest BCUT2D eigenvalue weighted by Crippen LogP contribution is -2.51. The first kappa shape index (κ1) is 10.5. The number of aryl methyl sites for hydroxylation is 1. The molecule has 15 heavy (non-hydrogen) atoms. The van der Waals surface area contributed by atoms with Gasteiger partial charge in [-0.25, -0.2) is 4.98 Å². The Hall–Kier alpha value is -1.05. The highest BCUT2D eigenvalue weighted by atomic mass is 32.1. The van der Waals surface area contributed by atoms with Gasteiger partial charge in [0, 0.05) is 18.1 Å². The lowest BCUT2D eigenvalue weighted by molar-refractivity contribution is -0.121. The summed E-state index contributed by atoms with van der Waals surface area (Å²) in [4.78, 5) is 15.8. The van der Waals surface area contributed by atoms with Crippen molar-refractivity contribution in [2.45, 2.75) is 18.9 Å². The summed E-state index contributed by atoms with van der Waals surface area (Å²) in [6, 6.07) is 0. The van der Waals surface area contributed by atoms with Gasteiger partial charge in [-0.3, -0.25) is 10.1 Å². The Balaban J connectivity index is 2.03. The van der Waals surface area contributed by atoms with E-state index in [1.165, 1.54) is 0 Å². The molecule has 0 bridgehead atoms. The molecule has 0 saturated carbocycles. The first-order chi connectivity index (χ1) is 7.10. The molecule has 1 atom stereocenters. The molecule has 1 amide bonds. The second kappa shape index (κ2) is 3.84. The van der Waals surface area contributed by atoms with Gasteiger partial charge in [0.2, 0.25) is 11.0 Å². The molecule has 1 saturated heterocycles. The number of nitrogens with zero attached hydrogens (tertiary/aromatic N) is 2. The summed E-state index contributed by atoms with van der Waals surface area (Å²) in [5.41, 5.74) is 4.96. The van der Waals surface area contributed by atoms with Crippen molar-refractivity contribution >= 4 is 22.6 Å². The van der Waals surface area contributed by atoms with Crippen molar-refractivity contribution in [3.63, 3.8) is 0 Å². The van der Waals surface area contributed by atoms with Crippen molar-refractivity contribution in [2.75, 3.05) is 18.5 Å². The van der Waals surface area contributed by atoms with Crippen LogP contribution in [0.3, 0.4) is 0 Å². The fourth-order valence-corrected chi connectivity index (χ4v) is 1.90. The quantitative estimate of drug-likeness (QED) is 0.738. The molecule has 82 valence electrons. The van der Waals surface area contributed by atoms with E-state index >= 15 is 0 Å². The maximum absolute atomic E-state index is 11.8. The number of hydrogen-bond donors (Lipinski definition) is 2. The highest BCUT2D eigenvalue weighted by Gasteiger charge is 2.38. The summed E-state index contributed by atoms with van der Waals surface area (Å²) in [5.74, 6) is 0.389. The highest BCUT2D eigenvalue weighted by molar-refractivity contribution is 7.09. The van der Waals surface area contributed by atoms with Gasteiger partial charge < -0.3 is 10.5 Å². The lowest BCUT2D eigenvalue weighted by Gasteiger charge is -2.19. The van der Waals surface area contributed by atoms with Crippen LogP contribution >= 0.6 is 11.5 Å². The average molecular weight is 228 g/mol. The fourth-order valence-electron chi connectivity index (χ4n) is 1.33. The predicted molar refractivity (Wildman–Crippen MR) is 55.6 cm³/mol. The largest absolute Gasteiger partial charge is 0.379 e. The third-order valence-corrected chi connectivity index (χ3v) is 2.97. The summed E-state index contributed by atoms with van der Waals surface area (Å²) >= 11 is 1.15. The van der Waals surface area contributed by atoms with Crippen LogP contribution < -0.4 is 11.1 Å². The summed E-state index contributed by atoms with van der Waals surface area (Å²) in [6.07, 6.45) is 0.538. The van der Waals surface area contributed by atoms with Crippen LogP contribution in [0.4, 0.5) is 5.13 Å². The highest BCUT2D eigenvalue weighted by Crippen LogP contribution is 2.19. The molecule has 1 aromatic heterocycles. The van der Waals surface area contributed by atoms with Crippen LogP contribution in [0.2, 0.25) is 0 Å². The number of ether oxygens (including phenoxy) is 1. The van der Waals surface area contributed by atoms with E-state index in [9.17, 15) is 4.79 Å². The Morgan fingerprint density at radius 1 is 1.73 bits per heavy atom. The van der Waals surface area contributed by atoms with E-state index in [2.05, 4.69) is 14.7 Å². The monoisotopic (exact) mass is 228 g/mol. The van der Waals surface area contributed by atoms with E-state index in [1.54, 1.807) is 6.92 Å². The molecule has 1 aromatic rings. The SMILES string of the molecule is Cc1nsc(NC(=O)C2(N)CCOC2)n1. The number of anilines is 1. The molecule has 0 aliphatic carbocycles. The third-order valence-electron chi connectivity index (χ3n) is 2.25. The maximum Gasteiger partial charge on any atom is 0.248 e. The van der Waals surface area contributed by atoms with Crippen molar-refractivity contribution < 1.29 is 9.53 Å². The van der Waals surface area contributed by atoms with Gasteiger partial charge in [0.05, 0.1) is 6.61 Å². The number of amides is 1. The number of rotatable bonds is 2. The zero-order valence-corrected chi connectivity index (χ0v) is 9.13. The molecule has 2 heterocycles. The molecule has 1 aliphatic rings. The van der Waals surface area contributed by atoms with E-state index in [4.69, 9.17) is 10.5 Å². The van der Waals surface area contributed by atoms with Crippen LogP contribution in [0.25, 0.3) is 0 Å². The van der Waals surface area contributed by atoms with Crippen molar-refractivity contribution in [3.05, 3.63) is 5.82 Å². The minimum absolute atomic E-state index is 0.254. The minimum atomic E-state index is -0.917. The first-order valence-electron chi connectivity index (χ1n) is 4.58. The topological polar surface area (TPSA) is 90.1 Å². The molecule has 3 N–H and O–H groups in total. The number of nitrogens with two attached hydrogens (primary N) is 1. The Morgan fingerprint density at radius 2 is 2.53 bits per heavy atom. The standard InChI is InChI=1S/C8H12N4O2S/c1-5-10-7(15-12-5)11-6(13)8(9)2-3-14-4-8/h2-4,9H2,1H3,(H,10,11,12,13). The number of hydrogen-bond acceptors (Lipinski definition) is 6. The third kappa shape index (κ3) is 2.14. The Bertz CT molecular complexity index is 372. The zero-order chi connectivity index (χ0) is 10.9. The Kier molecular flexibility index (Phi) is 2.68. The molecule has 2 rings (SSSR count). The molecule has 1 aliphatic heterocycles. The van der Waals surface area contributed by atoms with Crippen molar-refractivity contribution in [3.8, 4) is 0 Å². The van der Waals surface area contributed by atoms with Gasteiger partial charge >= 0.3 is 0 Å². The normalized spacial score (nSPS) is 25.5. The Labute approximate surface area is 91.0 Å². The summed E-state index contributed by atoms with van der Waals surface area (Å²) in [5, 5.41) is 3.13. The predicted octanol–water partition coefficient (Wildman–Crippen LogP) is -0.0972. The van der Waals surface area contributed by atoms with E-state index in [0.29, 0.717) is 24.0 Å². The second-order valence-electron chi connectivity index (χ2n) is 3.56. The fraction of sp³-hybridized carbons (Fsp3) is 0.625. The van der Waals surface area contributed by atoms with Crippen LogP contribution in [0.1, 0.15) is 12.2 Å². The molecule has 7 heteroatoms. The minimum Gasteiger partial charge on any atom is -0.379 e. The van der Waals surface area contributed by atoms with Gasteiger partial charge in [0.15, 0.2) is 0 Å². The number of nitrogens with one attached hydrogen (secondary N) is 1. The number of aromatic nitrogens is 2. The molecular weight excluding hydrogens is 216 g/mol. The van der Waals surface area contributed by atoms with Crippen LogP contribution in [-0.2, 0) is 9.53 Å². The molecule has 1 unspecified atom stereocenters. The molecule has 1 fully saturated rings. The van der Waals surface area contributed by atoms with E-state index in [1.807, 2.05) is 0 Å².